The van der Waals surface area contributed by atoms with Gasteiger partial charge in [0.25, 0.3) is 0 Å². The fourth-order valence-electron chi connectivity index (χ4n) is 1.09. The first-order valence-electron chi connectivity index (χ1n) is 4.08. The minimum Gasteiger partial charge on any atom is -0.478 e. The van der Waals surface area contributed by atoms with Crippen molar-refractivity contribution in [3.8, 4) is 0 Å². The highest BCUT2D eigenvalue weighted by molar-refractivity contribution is 5.87. The molecule has 1 aromatic rings. The summed E-state index contributed by atoms with van der Waals surface area (Å²) < 4.78 is 49.6. The van der Waals surface area contributed by atoms with Gasteiger partial charge in [0.05, 0.1) is 5.56 Å². The highest BCUT2D eigenvalue weighted by Crippen LogP contribution is 2.31. The van der Waals surface area contributed by atoms with Crippen LogP contribution in [0.25, 0.3) is 0 Å². The number of rotatable bonds is 2. The second kappa shape index (κ2) is 4.09. The molecule has 0 aliphatic heterocycles. The van der Waals surface area contributed by atoms with Crippen LogP contribution in [0.5, 0.6) is 0 Å². The molecule has 0 aliphatic rings. The van der Waals surface area contributed by atoms with Crippen LogP contribution in [0.1, 0.15) is 22.0 Å². The molecule has 0 fully saturated rings. The Kier molecular flexibility index (Phi) is 3.18. The topological polar surface area (TPSA) is 63.3 Å². The van der Waals surface area contributed by atoms with Crippen LogP contribution in [-0.2, 0) is 0 Å². The van der Waals surface area contributed by atoms with Gasteiger partial charge >= 0.3 is 12.1 Å². The van der Waals surface area contributed by atoms with Crippen molar-refractivity contribution >= 4 is 5.97 Å². The monoisotopic (exact) mass is 237 g/mol. The summed E-state index contributed by atoms with van der Waals surface area (Å²) in [5, 5.41) is 8.48. The standard InChI is InChI=1S/C9H7F4NO2/c10-6-3-4(8(15)16)1-2-5(6)7(14)9(11,12)13/h1-3,7H,14H2,(H,15,16)/t7-/m1/s1. The molecule has 0 spiro atoms. The third kappa shape index (κ3) is 2.48. The van der Waals surface area contributed by atoms with Crippen molar-refractivity contribution in [2.24, 2.45) is 5.73 Å². The zero-order valence-corrected chi connectivity index (χ0v) is 7.75. The fourth-order valence-corrected chi connectivity index (χ4v) is 1.09. The van der Waals surface area contributed by atoms with Gasteiger partial charge in [0.1, 0.15) is 11.9 Å². The van der Waals surface area contributed by atoms with Crippen molar-refractivity contribution in [2.45, 2.75) is 12.2 Å². The molecule has 1 atom stereocenters. The number of hydrogen-bond acceptors (Lipinski definition) is 2. The number of carboxylic acid groups (broad SMARTS) is 1. The highest BCUT2D eigenvalue weighted by atomic mass is 19.4. The number of halogens is 4. The molecule has 0 aromatic heterocycles. The lowest BCUT2D eigenvalue weighted by Gasteiger charge is -2.16. The van der Waals surface area contributed by atoms with Crippen molar-refractivity contribution in [3.63, 3.8) is 0 Å². The Morgan fingerprint density at radius 3 is 2.31 bits per heavy atom. The Morgan fingerprint density at radius 1 is 1.38 bits per heavy atom. The van der Waals surface area contributed by atoms with Gasteiger partial charge in [-0.25, -0.2) is 9.18 Å². The van der Waals surface area contributed by atoms with E-state index in [0.717, 1.165) is 12.1 Å². The predicted molar refractivity (Wildman–Crippen MR) is 46.3 cm³/mol. The molecular formula is C9H7F4NO2. The second-order valence-electron chi connectivity index (χ2n) is 3.06. The van der Waals surface area contributed by atoms with E-state index in [1.54, 1.807) is 0 Å². The van der Waals surface area contributed by atoms with E-state index >= 15 is 0 Å². The van der Waals surface area contributed by atoms with Crippen molar-refractivity contribution in [2.75, 3.05) is 0 Å². The van der Waals surface area contributed by atoms with Gasteiger partial charge in [0.2, 0.25) is 0 Å². The van der Waals surface area contributed by atoms with E-state index in [-0.39, 0.29) is 0 Å². The smallest absolute Gasteiger partial charge is 0.407 e. The number of benzene rings is 1. The van der Waals surface area contributed by atoms with Crippen LogP contribution in [-0.4, -0.2) is 17.3 Å². The third-order valence-electron chi connectivity index (χ3n) is 1.94. The van der Waals surface area contributed by atoms with Gasteiger partial charge in [-0.3, -0.25) is 0 Å². The number of alkyl halides is 3. The summed E-state index contributed by atoms with van der Waals surface area (Å²) in [5.41, 5.74) is 3.57. The minimum atomic E-state index is -4.77. The summed E-state index contributed by atoms with van der Waals surface area (Å²) in [5.74, 6) is -2.71. The van der Waals surface area contributed by atoms with Crippen LogP contribution in [0, 0.1) is 5.82 Å². The molecule has 0 saturated carbocycles. The number of aromatic carboxylic acids is 1. The lowest BCUT2D eigenvalue weighted by molar-refractivity contribution is -0.149. The Hall–Kier alpha value is -1.63. The zero-order chi connectivity index (χ0) is 12.5. The summed E-state index contributed by atoms with van der Waals surface area (Å²) in [7, 11) is 0. The summed E-state index contributed by atoms with van der Waals surface area (Å²) >= 11 is 0. The van der Waals surface area contributed by atoms with Crippen molar-refractivity contribution in [1.29, 1.82) is 0 Å². The van der Waals surface area contributed by atoms with Crippen LogP contribution in [0.2, 0.25) is 0 Å². The lowest BCUT2D eigenvalue weighted by Crippen LogP contribution is -2.29. The van der Waals surface area contributed by atoms with Gasteiger partial charge in [0.15, 0.2) is 0 Å². The zero-order valence-electron chi connectivity index (χ0n) is 7.75. The second-order valence-corrected chi connectivity index (χ2v) is 3.06. The number of nitrogens with two attached hydrogens (primary N) is 1. The van der Waals surface area contributed by atoms with Gasteiger partial charge in [-0.15, -0.1) is 0 Å². The summed E-state index contributed by atoms with van der Waals surface area (Å²) in [4.78, 5) is 10.4. The summed E-state index contributed by atoms with van der Waals surface area (Å²) in [6, 6.07) is -0.373. The average Bonchev–Trinajstić information content (AvgIpc) is 2.15. The first-order chi connectivity index (χ1) is 7.23. The van der Waals surface area contributed by atoms with Crippen LogP contribution in [0.15, 0.2) is 18.2 Å². The van der Waals surface area contributed by atoms with Crippen molar-refractivity contribution in [1.82, 2.24) is 0 Å². The molecule has 3 N–H and O–H groups in total. The largest absolute Gasteiger partial charge is 0.478 e. The van der Waals surface area contributed by atoms with Crippen LogP contribution in [0.4, 0.5) is 17.6 Å². The normalized spacial score (nSPS) is 13.6. The van der Waals surface area contributed by atoms with E-state index in [0.29, 0.717) is 6.07 Å². The molecule has 0 heterocycles. The third-order valence-corrected chi connectivity index (χ3v) is 1.94. The first kappa shape index (κ1) is 12.4. The van der Waals surface area contributed by atoms with E-state index in [2.05, 4.69) is 0 Å². The highest BCUT2D eigenvalue weighted by Gasteiger charge is 2.39. The van der Waals surface area contributed by atoms with Crippen LogP contribution in [0.3, 0.4) is 0 Å². The van der Waals surface area contributed by atoms with E-state index in [9.17, 15) is 22.4 Å². The Labute approximate surface area is 87.5 Å². The van der Waals surface area contributed by atoms with Crippen molar-refractivity contribution < 1.29 is 27.5 Å². The van der Waals surface area contributed by atoms with Gasteiger partial charge in [-0.1, -0.05) is 6.07 Å². The fraction of sp³-hybridized carbons (Fsp3) is 0.222. The maximum atomic E-state index is 13.1. The molecule has 0 aliphatic carbocycles. The van der Waals surface area contributed by atoms with E-state index in [4.69, 9.17) is 10.8 Å². The molecular weight excluding hydrogens is 230 g/mol. The van der Waals surface area contributed by atoms with Gasteiger partial charge in [-0.2, -0.15) is 13.2 Å². The van der Waals surface area contributed by atoms with Crippen molar-refractivity contribution in [3.05, 3.63) is 35.1 Å². The molecule has 3 nitrogen and oxygen atoms in total. The number of carboxylic acids is 1. The summed E-state index contributed by atoms with van der Waals surface area (Å²) in [6.45, 7) is 0. The lowest BCUT2D eigenvalue weighted by atomic mass is 10.0. The molecule has 1 aromatic carbocycles. The van der Waals surface area contributed by atoms with E-state index in [1.807, 2.05) is 0 Å². The Bertz CT molecular complexity index is 416. The molecule has 0 saturated heterocycles. The average molecular weight is 237 g/mol. The SMILES string of the molecule is N[C@H](c1ccc(C(=O)O)cc1F)C(F)(F)F. The molecule has 88 valence electrons. The molecule has 7 heteroatoms. The Balaban J connectivity index is 3.13. The molecule has 1 rings (SSSR count). The van der Waals surface area contributed by atoms with Crippen LogP contribution < -0.4 is 5.73 Å². The predicted octanol–water partition coefficient (Wildman–Crippen LogP) is 2.09. The quantitative estimate of drug-likeness (QED) is 0.774. The van der Waals surface area contributed by atoms with E-state index < -0.39 is 35.1 Å². The van der Waals surface area contributed by atoms with Gasteiger partial charge in [0, 0.05) is 5.56 Å². The van der Waals surface area contributed by atoms with Crippen LogP contribution >= 0.6 is 0 Å². The molecule has 0 unspecified atom stereocenters. The first-order valence-corrected chi connectivity index (χ1v) is 4.08. The maximum absolute atomic E-state index is 13.1. The molecule has 0 radical (unpaired) electrons. The maximum Gasteiger partial charge on any atom is 0.407 e. The Morgan fingerprint density at radius 2 is 1.94 bits per heavy atom. The minimum absolute atomic E-state index is 0.435. The van der Waals surface area contributed by atoms with Gasteiger partial charge in [-0.05, 0) is 12.1 Å². The molecule has 16 heavy (non-hydrogen) atoms. The molecule has 0 bridgehead atoms. The molecule has 0 amide bonds. The van der Waals surface area contributed by atoms with Gasteiger partial charge < -0.3 is 10.8 Å². The van der Waals surface area contributed by atoms with E-state index in [1.165, 1.54) is 0 Å². The number of carbonyl (C=O) groups is 1. The number of hydrogen-bond donors (Lipinski definition) is 2. The summed E-state index contributed by atoms with van der Waals surface area (Å²) in [6.07, 6.45) is -4.77.